The molecule has 1 rings (SSSR count). The second kappa shape index (κ2) is 4.56. The first-order valence-corrected chi connectivity index (χ1v) is 4.29. The third-order valence-electron chi connectivity index (χ3n) is 1.50. The first-order valence-electron chi connectivity index (χ1n) is 3.50. The van der Waals surface area contributed by atoms with E-state index in [9.17, 15) is 4.79 Å². The molecule has 0 atom stereocenters. The molecule has 1 aromatic rings. The minimum absolute atomic E-state index is 0.200. The quantitative estimate of drug-likeness (QED) is 0.584. The second-order valence-corrected chi connectivity index (χ2v) is 3.24. The summed E-state index contributed by atoms with van der Waals surface area (Å²) in [5, 5.41) is 8.70. The van der Waals surface area contributed by atoms with Crippen molar-refractivity contribution in [3.8, 4) is 6.07 Å². The lowest BCUT2D eigenvalue weighted by molar-refractivity contribution is 0.563. The van der Waals surface area contributed by atoms with Crippen LogP contribution in [0.4, 0.5) is 0 Å². The van der Waals surface area contributed by atoms with Crippen LogP contribution in [-0.2, 0) is 11.3 Å². The zero-order chi connectivity index (χ0) is 9.68. The van der Waals surface area contributed by atoms with Crippen molar-refractivity contribution < 1.29 is 4.79 Å². The summed E-state index contributed by atoms with van der Waals surface area (Å²) < 4.78 is 0.864. The topological polar surface area (TPSA) is 53.2 Å². The molecule has 3 nitrogen and oxygen atoms in total. The molecular formula is C9H5BrN2O. The van der Waals surface area contributed by atoms with Gasteiger partial charge in [0.15, 0.2) is 0 Å². The van der Waals surface area contributed by atoms with Crippen LogP contribution in [0, 0.1) is 11.3 Å². The molecule has 0 amide bonds. The van der Waals surface area contributed by atoms with Crippen molar-refractivity contribution in [2.45, 2.75) is 6.54 Å². The molecule has 0 aliphatic rings. The fraction of sp³-hybridized carbons (Fsp3) is 0.111. The van der Waals surface area contributed by atoms with Crippen LogP contribution < -0.4 is 0 Å². The standard InChI is InChI=1S/C9H5BrN2O/c10-9-2-1-7(4-11)8(3-9)5-12-6-13/h1-3H,5H2. The Balaban J connectivity index is 3.09. The maximum atomic E-state index is 9.88. The predicted octanol–water partition coefficient (Wildman–Crippen LogP) is 2.16. The predicted molar refractivity (Wildman–Crippen MR) is 50.7 cm³/mol. The van der Waals surface area contributed by atoms with Gasteiger partial charge < -0.3 is 0 Å². The van der Waals surface area contributed by atoms with Gasteiger partial charge in [-0.15, -0.1) is 0 Å². The Hall–Kier alpha value is -1.43. The average Bonchev–Trinajstić information content (AvgIpc) is 2.15. The normalized spacial score (nSPS) is 8.62. The van der Waals surface area contributed by atoms with Gasteiger partial charge in [-0.25, -0.2) is 9.79 Å². The first kappa shape index (κ1) is 9.66. The van der Waals surface area contributed by atoms with Gasteiger partial charge in [0, 0.05) is 4.47 Å². The van der Waals surface area contributed by atoms with Crippen molar-refractivity contribution in [3.05, 3.63) is 33.8 Å². The van der Waals surface area contributed by atoms with E-state index in [0.29, 0.717) is 5.56 Å². The molecule has 4 heteroatoms. The molecule has 0 bridgehead atoms. The van der Waals surface area contributed by atoms with E-state index >= 15 is 0 Å². The molecule has 0 aliphatic carbocycles. The number of nitriles is 1. The van der Waals surface area contributed by atoms with E-state index in [-0.39, 0.29) is 6.54 Å². The highest BCUT2D eigenvalue weighted by Gasteiger charge is 2.00. The van der Waals surface area contributed by atoms with Gasteiger partial charge in [0.25, 0.3) is 0 Å². The SMILES string of the molecule is N#Cc1ccc(Br)cc1CN=C=O. The molecule has 0 aromatic heterocycles. The lowest BCUT2D eigenvalue weighted by atomic mass is 10.1. The smallest absolute Gasteiger partial charge is 0.211 e. The van der Waals surface area contributed by atoms with Gasteiger partial charge in [0.05, 0.1) is 18.2 Å². The molecule has 13 heavy (non-hydrogen) atoms. The van der Waals surface area contributed by atoms with Crippen molar-refractivity contribution in [1.82, 2.24) is 0 Å². The van der Waals surface area contributed by atoms with Gasteiger partial charge in [0.2, 0.25) is 6.08 Å². The molecule has 0 fully saturated rings. The fourth-order valence-electron chi connectivity index (χ4n) is 0.920. The van der Waals surface area contributed by atoms with E-state index in [4.69, 9.17) is 5.26 Å². The summed E-state index contributed by atoms with van der Waals surface area (Å²) in [6, 6.07) is 7.24. The molecule has 64 valence electrons. The molecule has 0 radical (unpaired) electrons. The first-order chi connectivity index (χ1) is 6.27. The molecule has 0 saturated heterocycles. The Labute approximate surface area is 83.8 Å². The van der Waals surface area contributed by atoms with Crippen molar-refractivity contribution in [2.75, 3.05) is 0 Å². The Morgan fingerprint density at radius 1 is 1.54 bits per heavy atom. The van der Waals surface area contributed by atoms with Crippen molar-refractivity contribution in [3.63, 3.8) is 0 Å². The van der Waals surface area contributed by atoms with Crippen LogP contribution in [0.25, 0.3) is 0 Å². The minimum Gasteiger partial charge on any atom is -0.211 e. The second-order valence-electron chi connectivity index (χ2n) is 2.32. The van der Waals surface area contributed by atoms with E-state index in [1.807, 2.05) is 6.07 Å². The van der Waals surface area contributed by atoms with Crippen LogP contribution in [0.15, 0.2) is 27.7 Å². The number of nitrogens with zero attached hydrogens (tertiary/aromatic N) is 2. The van der Waals surface area contributed by atoms with Gasteiger partial charge in [-0.1, -0.05) is 15.9 Å². The number of rotatable bonds is 2. The monoisotopic (exact) mass is 236 g/mol. The number of halogens is 1. The highest BCUT2D eigenvalue weighted by molar-refractivity contribution is 9.10. The number of hydrogen-bond acceptors (Lipinski definition) is 3. The zero-order valence-corrected chi connectivity index (χ0v) is 8.21. The van der Waals surface area contributed by atoms with Crippen LogP contribution in [0.2, 0.25) is 0 Å². The minimum atomic E-state index is 0.200. The summed E-state index contributed by atoms with van der Waals surface area (Å²) in [6.07, 6.45) is 1.44. The van der Waals surface area contributed by atoms with Crippen LogP contribution in [0.1, 0.15) is 11.1 Å². The van der Waals surface area contributed by atoms with Gasteiger partial charge in [-0.2, -0.15) is 5.26 Å². The Kier molecular flexibility index (Phi) is 3.39. The summed E-state index contributed by atoms with van der Waals surface area (Å²) in [5.41, 5.74) is 1.25. The van der Waals surface area contributed by atoms with Crippen molar-refractivity contribution in [1.29, 1.82) is 5.26 Å². The van der Waals surface area contributed by atoms with Crippen LogP contribution in [0.3, 0.4) is 0 Å². The maximum Gasteiger partial charge on any atom is 0.235 e. The fourth-order valence-corrected chi connectivity index (χ4v) is 1.33. The average molecular weight is 237 g/mol. The van der Waals surface area contributed by atoms with E-state index in [1.54, 1.807) is 18.2 Å². The third-order valence-corrected chi connectivity index (χ3v) is 1.99. The number of carbonyl (C=O) groups excluding carboxylic acids is 1. The Morgan fingerprint density at radius 3 is 2.92 bits per heavy atom. The van der Waals surface area contributed by atoms with Crippen molar-refractivity contribution >= 4 is 22.0 Å². The molecule has 0 heterocycles. The molecule has 0 N–H and O–H groups in total. The molecule has 0 aliphatic heterocycles. The summed E-state index contributed by atoms with van der Waals surface area (Å²) in [7, 11) is 0. The molecule has 0 unspecified atom stereocenters. The van der Waals surface area contributed by atoms with Gasteiger partial charge in [-0.3, -0.25) is 0 Å². The number of aliphatic imine (C=N–C) groups is 1. The van der Waals surface area contributed by atoms with Crippen molar-refractivity contribution in [2.24, 2.45) is 4.99 Å². The lowest BCUT2D eigenvalue weighted by Crippen LogP contribution is -1.87. The highest BCUT2D eigenvalue weighted by atomic mass is 79.9. The molecule has 0 saturated carbocycles. The summed E-state index contributed by atoms with van der Waals surface area (Å²) >= 11 is 3.27. The molecule has 1 aromatic carbocycles. The van der Waals surface area contributed by atoms with Crippen LogP contribution >= 0.6 is 15.9 Å². The highest BCUT2D eigenvalue weighted by Crippen LogP contribution is 2.16. The Bertz CT molecular complexity index is 403. The molecule has 0 spiro atoms. The van der Waals surface area contributed by atoms with Gasteiger partial charge in [-0.05, 0) is 23.8 Å². The van der Waals surface area contributed by atoms with Crippen LogP contribution in [-0.4, -0.2) is 6.08 Å². The summed E-state index contributed by atoms with van der Waals surface area (Å²) in [6.45, 7) is 0.200. The Morgan fingerprint density at radius 2 is 2.31 bits per heavy atom. The van der Waals surface area contributed by atoms with E-state index in [0.717, 1.165) is 10.0 Å². The largest absolute Gasteiger partial charge is 0.235 e. The summed E-state index contributed by atoms with van der Waals surface area (Å²) in [5.74, 6) is 0. The van der Waals surface area contributed by atoms with Gasteiger partial charge >= 0.3 is 0 Å². The summed E-state index contributed by atoms with van der Waals surface area (Å²) in [4.78, 5) is 13.3. The van der Waals surface area contributed by atoms with E-state index in [2.05, 4.69) is 20.9 Å². The maximum absolute atomic E-state index is 9.88. The van der Waals surface area contributed by atoms with Crippen LogP contribution in [0.5, 0.6) is 0 Å². The number of benzene rings is 1. The lowest BCUT2D eigenvalue weighted by Gasteiger charge is -1.98. The third kappa shape index (κ3) is 2.51. The number of isocyanates is 1. The van der Waals surface area contributed by atoms with E-state index in [1.165, 1.54) is 6.08 Å². The number of hydrogen-bond donors (Lipinski definition) is 0. The molecular weight excluding hydrogens is 232 g/mol. The van der Waals surface area contributed by atoms with E-state index < -0.39 is 0 Å². The van der Waals surface area contributed by atoms with Gasteiger partial charge in [0.1, 0.15) is 0 Å². The zero-order valence-electron chi connectivity index (χ0n) is 6.62.